The number of likely N-dealkylation sites (N-methyl/N-ethyl adjacent to an activating group) is 2. The number of rotatable bonds is 5. The van der Waals surface area contributed by atoms with Crippen LogP contribution in [0.4, 0.5) is 5.69 Å². The highest BCUT2D eigenvalue weighted by molar-refractivity contribution is 5.97. The van der Waals surface area contributed by atoms with Crippen molar-refractivity contribution in [1.29, 1.82) is 0 Å². The number of carbonyl (C=O) groups is 2. The second-order valence-electron chi connectivity index (χ2n) is 4.60. The summed E-state index contributed by atoms with van der Waals surface area (Å²) < 4.78 is 5.09. The molecule has 110 valence electrons. The molecule has 1 aromatic rings. The van der Waals surface area contributed by atoms with E-state index in [1.165, 1.54) is 16.9 Å². The molecule has 0 saturated carbocycles. The van der Waals surface area contributed by atoms with E-state index in [1.807, 2.05) is 6.92 Å². The molecule has 0 atom stereocenters. The Kier molecular flexibility index (Phi) is 5.37. The molecule has 0 fully saturated rings. The standard InChI is InChI=1S/C14H21N3O3/c1-5-17(9-13(18)16(2)3)14(19)10-6-11(15)8-12(7-10)20-4/h6-8H,5,9,15H2,1-4H3. The zero-order valence-electron chi connectivity index (χ0n) is 12.3. The van der Waals surface area contributed by atoms with Crippen LogP contribution in [-0.4, -0.2) is 55.9 Å². The second-order valence-corrected chi connectivity index (χ2v) is 4.60. The molecule has 20 heavy (non-hydrogen) atoms. The van der Waals surface area contributed by atoms with Gasteiger partial charge in [-0.1, -0.05) is 0 Å². The molecule has 0 saturated heterocycles. The van der Waals surface area contributed by atoms with Gasteiger partial charge in [0.1, 0.15) is 5.75 Å². The van der Waals surface area contributed by atoms with Gasteiger partial charge in [0.05, 0.1) is 13.7 Å². The second kappa shape index (κ2) is 6.79. The number of hydrogen-bond donors (Lipinski definition) is 1. The first-order chi connectivity index (χ1) is 9.38. The van der Waals surface area contributed by atoms with Crippen molar-refractivity contribution in [3.8, 4) is 5.75 Å². The Morgan fingerprint density at radius 3 is 2.40 bits per heavy atom. The van der Waals surface area contributed by atoms with Crippen LogP contribution in [0.25, 0.3) is 0 Å². The van der Waals surface area contributed by atoms with E-state index in [-0.39, 0.29) is 18.4 Å². The summed E-state index contributed by atoms with van der Waals surface area (Å²) in [6.45, 7) is 2.30. The molecule has 6 nitrogen and oxygen atoms in total. The number of hydrogen-bond acceptors (Lipinski definition) is 4. The number of nitrogen functional groups attached to an aromatic ring is 1. The van der Waals surface area contributed by atoms with Crippen LogP contribution in [0.1, 0.15) is 17.3 Å². The zero-order chi connectivity index (χ0) is 15.3. The number of ether oxygens (including phenoxy) is 1. The maximum Gasteiger partial charge on any atom is 0.254 e. The van der Waals surface area contributed by atoms with Crippen LogP contribution in [0.3, 0.4) is 0 Å². The fraction of sp³-hybridized carbons (Fsp3) is 0.429. The minimum Gasteiger partial charge on any atom is -0.497 e. The van der Waals surface area contributed by atoms with Crippen LogP contribution >= 0.6 is 0 Å². The molecule has 2 N–H and O–H groups in total. The molecule has 0 aliphatic heterocycles. The highest BCUT2D eigenvalue weighted by Gasteiger charge is 2.19. The largest absolute Gasteiger partial charge is 0.497 e. The third kappa shape index (κ3) is 3.88. The average molecular weight is 279 g/mol. The fourth-order valence-electron chi connectivity index (χ4n) is 1.68. The summed E-state index contributed by atoms with van der Waals surface area (Å²) in [5.74, 6) is 0.146. The maximum absolute atomic E-state index is 12.4. The first-order valence-corrected chi connectivity index (χ1v) is 6.33. The minimum absolute atomic E-state index is 0.0411. The number of nitrogens with zero attached hydrogens (tertiary/aromatic N) is 2. The van der Waals surface area contributed by atoms with Gasteiger partial charge in [-0.2, -0.15) is 0 Å². The molecule has 0 radical (unpaired) electrons. The SMILES string of the molecule is CCN(CC(=O)N(C)C)C(=O)c1cc(N)cc(OC)c1. The number of benzene rings is 1. The molecule has 6 heteroatoms. The smallest absolute Gasteiger partial charge is 0.254 e. The normalized spacial score (nSPS) is 10.0. The van der Waals surface area contributed by atoms with Crippen LogP contribution in [0.2, 0.25) is 0 Å². The third-order valence-corrected chi connectivity index (χ3v) is 2.91. The van der Waals surface area contributed by atoms with Gasteiger partial charge in [0.2, 0.25) is 5.91 Å². The third-order valence-electron chi connectivity index (χ3n) is 2.91. The average Bonchev–Trinajstić information content (AvgIpc) is 2.42. The van der Waals surface area contributed by atoms with E-state index < -0.39 is 0 Å². The molecule has 1 rings (SSSR count). The van der Waals surface area contributed by atoms with E-state index in [1.54, 1.807) is 32.3 Å². The van der Waals surface area contributed by atoms with Gasteiger partial charge in [0.15, 0.2) is 0 Å². The Balaban J connectivity index is 2.96. The molecule has 0 heterocycles. The van der Waals surface area contributed by atoms with Crippen molar-refractivity contribution in [2.75, 3.05) is 40.0 Å². The highest BCUT2D eigenvalue weighted by atomic mass is 16.5. The number of nitrogens with two attached hydrogens (primary N) is 1. The van der Waals surface area contributed by atoms with Gasteiger partial charge in [-0.25, -0.2) is 0 Å². The van der Waals surface area contributed by atoms with Crippen molar-refractivity contribution in [1.82, 2.24) is 9.80 Å². The number of methoxy groups -OCH3 is 1. The van der Waals surface area contributed by atoms with Crippen LogP contribution in [0.5, 0.6) is 5.75 Å². The van der Waals surface area contributed by atoms with Crippen LogP contribution in [0, 0.1) is 0 Å². The van der Waals surface area contributed by atoms with E-state index in [4.69, 9.17) is 10.5 Å². The van der Waals surface area contributed by atoms with Crippen molar-refractivity contribution in [2.45, 2.75) is 6.92 Å². The molecule has 0 bridgehead atoms. The molecular weight excluding hydrogens is 258 g/mol. The van der Waals surface area contributed by atoms with Crippen molar-refractivity contribution >= 4 is 17.5 Å². The van der Waals surface area contributed by atoms with Gasteiger partial charge in [-0.15, -0.1) is 0 Å². The first kappa shape index (κ1) is 15.8. The molecule has 0 unspecified atom stereocenters. The van der Waals surface area contributed by atoms with Crippen molar-refractivity contribution < 1.29 is 14.3 Å². The van der Waals surface area contributed by atoms with Crippen molar-refractivity contribution in [3.63, 3.8) is 0 Å². The summed E-state index contributed by atoms with van der Waals surface area (Å²) in [4.78, 5) is 27.0. The van der Waals surface area contributed by atoms with Crippen LogP contribution in [-0.2, 0) is 4.79 Å². The Hall–Kier alpha value is -2.24. The Morgan fingerprint density at radius 2 is 1.90 bits per heavy atom. The summed E-state index contributed by atoms with van der Waals surface area (Å²) >= 11 is 0. The number of anilines is 1. The summed E-state index contributed by atoms with van der Waals surface area (Å²) in [6.07, 6.45) is 0. The van der Waals surface area contributed by atoms with Gasteiger partial charge in [-0.3, -0.25) is 9.59 Å². The Labute approximate surface area is 119 Å². The van der Waals surface area contributed by atoms with Gasteiger partial charge < -0.3 is 20.3 Å². The van der Waals surface area contributed by atoms with E-state index in [9.17, 15) is 9.59 Å². The Morgan fingerprint density at radius 1 is 1.25 bits per heavy atom. The molecule has 0 aliphatic carbocycles. The lowest BCUT2D eigenvalue weighted by molar-refractivity contribution is -0.129. The van der Waals surface area contributed by atoms with Gasteiger partial charge in [-0.05, 0) is 19.1 Å². The molecule has 0 spiro atoms. The van der Waals surface area contributed by atoms with Crippen molar-refractivity contribution in [2.24, 2.45) is 0 Å². The lowest BCUT2D eigenvalue weighted by atomic mass is 10.1. The monoisotopic (exact) mass is 279 g/mol. The topological polar surface area (TPSA) is 75.9 Å². The summed E-state index contributed by atoms with van der Waals surface area (Å²) in [6, 6.07) is 4.83. The Bertz CT molecular complexity index is 500. The van der Waals surface area contributed by atoms with Crippen LogP contribution < -0.4 is 10.5 Å². The zero-order valence-corrected chi connectivity index (χ0v) is 12.3. The first-order valence-electron chi connectivity index (χ1n) is 6.33. The highest BCUT2D eigenvalue weighted by Crippen LogP contribution is 2.19. The minimum atomic E-state index is -0.242. The molecule has 1 aromatic carbocycles. The van der Waals surface area contributed by atoms with E-state index in [0.29, 0.717) is 23.5 Å². The lowest BCUT2D eigenvalue weighted by Gasteiger charge is -2.22. The van der Waals surface area contributed by atoms with E-state index >= 15 is 0 Å². The molecule has 0 aromatic heterocycles. The molecular formula is C14H21N3O3. The predicted octanol–water partition coefficient (Wildman–Crippen LogP) is 0.828. The fourth-order valence-corrected chi connectivity index (χ4v) is 1.68. The van der Waals surface area contributed by atoms with Crippen LogP contribution in [0.15, 0.2) is 18.2 Å². The number of carbonyl (C=O) groups excluding carboxylic acids is 2. The van der Waals surface area contributed by atoms with Crippen molar-refractivity contribution in [3.05, 3.63) is 23.8 Å². The quantitative estimate of drug-likeness (QED) is 0.810. The lowest BCUT2D eigenvalue weighted by Crippen LogP contribution is -2.40. The van der Waals surface area contributed by atoms with Gasteiger partial charge in [0.25, 0.3) is 5.91 Å². The summed E-state index contributed by atoms with van der Waals surface area (Å²) in [5, 5.41) is 0. The molecule has 0 aliphatic rings. The number of amides is 2. The summed E-state index contributed by atoms with van der Waals surface area (Å²) in [7, 11) is 4.82. The van der Waals surface area contributed by atoms with Gasteiger partial charge >= 0.3 is 0 Å². The molecule has 2 amide bonds. The maximum atomic E-state index is 12.4. The summed E-state index contributed by atoms with van der Waals surface area (Å²) in [5.41, 5.74) is 6.60. The van der Waals surface area contributed by atoms with E-state index in [0.717, 1.165) is 0 Å². The van der Waals surface area contributed by atoms with E-state index in [2.05, 4.69) is 0 Å². The predicted molar refractivity (Wildman–Crippen MR) is 77.7 cm³/mol. The van der Waals surface area contributed by atoms with Gasteiger partial charge in [0, 0.05) is 38.0 Å².